The van der Waals surface area contributed by atoms with Crippen LogP contribution in [0.3, 0.4) is 0 Å². The van der Waals surface area contributed by atoms with Crippen molar-refractivity contribution >= 4 is 47.6 Å². The van der Waals surface area contributed by atoms with Crippen LogP contribution in [-0.4, -0.2) is 23.4 Å². The zero-order valence-corrected chi connectivity index (χ0v) is 13.4. The molecular weight excluding hydrogens is 407 g/mol. The molecule has 0 unspecified atom stereocenters. The lowest BCUT2D eigenvalue weighted by molar-refractivity contribution is 0.578. The van der Waals surface area contributed by atoms with E-state index in [9.17, 15) is 12.8 Å². The third-order valence-electron chi connectivity index (χ3n) is 2.17. The van der Waals surface area contributed by atoms with Gasteiger partial charge in [0.25, 0.3) is 10.0 Å². The van der Waals surface area contributed by atoms with Gasteiger partial charge in [-0.1, -0.05) is 5.21 Å². The highest BCUT2D eigenvalue weighted by molar-refractivity contribution is 9.10. The normalized spacial score (nSPS) is 11.6. The Labute approximate surface area is 125 Å². The molecule has 6 nitrogen and oxygen atoms in total. The van der Waals surface area contributed by atoms with E-state index in [4.69, 9.17) is 0 Å². The molecule has 0 atom stereocenters. The third-order valence-corrected chi connectivity index (χ3v) is 5.08. The lowest BCUT2D eigenvalue weighted by Gasteiger charge is -2.09. The Kier molecular flexibility index (Phi) is 3.92. The second-order valence-electron chi connectivity index (χ2n) is 3.54. The van der Waals surface area contributed by atoms with Gasteiger partial charge in [0.1, 0.15) is 5.82 Å². The molecule has 0 amide bonds. The van der Waals surface area contributed by atoms with Crippen LogP contribution in [-0.2, 0) is 17.1 Å². The van der Waals surface area contributed by atoms with E-state index >= 15 is 0 Å². The van der Waals surface area contributed by atoms with Gasteiger partial charge in [-0.25, -0.2) is 9.07 Å². The summed E-state index contributed by atoms with van der Waals surface area (Å²) in [6.45, 7) is 0. The molecule has 2 aromatic rings. The number of aromatic nitrogens is 3. The smallest absolute Gasteiger partial charge is 0.277 e. The summed E-state index contributed by atoms with van der Waals surface area (Å²) in [5, 5.41) is 7.07. The molecule has 0 aliphatic heterocycles. The first kappa shape index (κ1) is 14.4. The third kappa shape index (κ3) is 2.95. The molecule has 0 saturated heterocycles. The van der Waals surface area contributed by atoms with Gasteiger partial charge in [0.2, 0.25) is 5.03 Å². The minimum atomic E-state index is -3.88. The fourth-order valence-electron chi connectivity index (χ4n) is 1.37. The molecule has 0 saturated carbocycles. The highest BCUT2D eigenvalue weighted by Gasteiger charge is 2.24. The fourth-order valence-corrected chi connectivity index (χ4v) is 4.13. The van der Waals surface area contributed by atoms with E-state index < -0.39 is 15.8 Å². The number of anilines is 1. The first-order chi connectivity index (χ1) is 8.81. The van der Waals surface area contributed by atoms with Gasteiger partial charge in [-0.15, -0.1) is 5.10 Å². The van der Waals surface area contributed by atoms with Gasteiger partial charge >= 0.3 is 0 Å². The summed E-state index contributed by atoms with van der Waals surface area (Å²) in [6.07, 6.45) is 0. The molecule has 1 aromatic carbocycles. The van der Waals surface area contributed by atoms with Crippen molar-refractivity contribution < 1.29 is 12.8 Å². The predicted octanol–water partition coefficient (Wildman–Crippen LogP) is 2.28. The van der Waals surface area contributed by atoms with Gasteiger partial charge in [-0.3, -0.25) is 4.72 Å². The maximum absolute atomic E-state index is 12.9. The molecule has 0 bridgehead atoms. The largest absolute Gasteiger partial charge is 0.281 e. The maximum atomic E-state index is 12.9. The highest BCUT2D eigenvalue weighted by Crippen LogP contribution is 2.27. The topological polar surface area (TPSA) is 76.9 Å². The Morgan fingerprint density at radius 2 is 2.05 bits per heavy atom. The highest BCUT2D eigenvalue weighted by atomic mass is 79.9. The van der Waals surface area contributed by atoms with E-state index in [-0.39, 0.29) is 15.3 Å². The van der Waals surface area contributed by atoms with Crippen molar-refractivity contribution in [1.29, 1.82) is 0 Å². The van der Waals surface area contributed by atoms with E-state index in [0.717, 1.165) is 16.8 Å². The van der Waals surface area contributed by atoms with Gasteiger partial charge < -0.3 is 0 Å². The number of halogens is 3. The van der Waals surface area contributed by atoms with E-state index in [1.54, 1.807) is 0 Å². The van der Waals surface area contributed by atoms with E-state index in [1.807, 2.05) is 0 Å². The molecular formula is C9H7Br2FN4O2S. The van der Waals surface area contributed by atoms with Gasteiger partial charge in [0, 0.05) is 11.5 Å². The van der Waals surface area contributed by atoms with Crippen LogP contribution in [0.1, 0.15) is 0 Å². The molecule has 19 heavy (non-hydrogen) atoms. The van der Waals surface area contributed by atoms with E-state index in [1.165, 1.54) is 13.1 Å². The lowest BCUT2D eigenvalue weighted by atomic mass is 10.3. The lowest BCUT2D eigenvalue weighted by Crippen LogP contribution is -2.17. The molecule has 2 rings (SSSR count). The molecule has 10 heteroatoms. The molecule has 0 radical (unpaired) electrons. The summed E-state index contributed by atoms with van der Waals surface area (Å²) in [7, 11) is -2.43. The second-order valence-corrected chi connectivity index (χ2v) is 6.74. The first-order valence-corrected chi connectivity index (χ1v) is 7.91. The zero-order chi connectivity index (χ0) is 14.2. The number of sulfonamides is 1. The Morgan fingerprint density at radius 3 is 2.58 bits per heavy atom. The Balaban J connectivity index is 2.42. The minimum Gasteiger partial charge on any atom is -0.277 e. The van der Waals surface area contributed by atoms with Gasteiger partial charge in [0.05, 0.1) is 5.69 Å². The van der Waals surface area contributed by atoms with Crippen LogP contribution in [0.4, 0.5) is 10.1 Å². The number of aryl methyl sites for hydroxylation is 1. The van der Waals surface area contributed by atoms with Crippen LogP contribution >= 0.6 is 31.9 Å². The van der Waals surface area contributed by atoms with Crippen LogP contribution in [0.15, 0.2) is 32.3 Å². The Morgan fingerprint density at radius 1 is 1.37 bits per heavy atom. The van der Waals surface area contributed by atoms with Gasteiger partial charge in [-0.2, -0.15) is 8.42 Å². The number of nitrogens with one attached hydrogen (secondary N) is 1. The molecule has 0 aliphatic carbocycles. The van der Waals surface area contributed by atoms with Crippen molar-refractivity contribution in [3.8, 4) is 0 Å². The number of hydrogen-bond donors (Lipinski definition) is 1. The summed E-state index contributed by atoms with van der Waals surface area (Å²) in [5.74, 6) is -0.474. The van der Waals surface area contributed by atoms with Gasteiger partial charge in [-0.05, 0) is 50.1 Å². The zero-order valence-electron chi connectivity index (χ0n) is 9.43. The number of benzene rings is 1. The maximum Gasteiger partial charge on any atom is 0.281 e. The standard InChI is InChI=1S/C9H7Br2FN4O2S/c1-16-9(8(11)13-15-16)19(17,18)14-7-3-2-5(12)4-6(7)10/h2-4,14H,1H3. The molecule has 0 spiro atoms. The molecule has 1 heterocycles. The van der Waals surface area contributed by atoms with Crippen LogP contribution in [0, 0.1) is 5.82 Å². The summed E-state index contributed by atoms with van der Waals surface area (Å²) in [6, 6.07) is 3.63. The van der Waals surface area contributed by atoms with Crippen LogP contribution in [0.2, 0.25) is 0 Å². The van der Waals surface area contributed by atoms with Crippen LogP contribution in [0.25, 0.3) is 0 Å². The van der Waals surface area contributed by atoms with Crippen molar-refractivity contribution in [2.75, 3.05) is 4.72 Å². The van der Waals surface area contributed by atoms with Crippen molar-refractivity contribution in [2.45, 2.75) is 5.03 Å². The Bertz CT molecular complexity index is 712. The van der Waals surface area contributed by atoms with Gasteiger partial charge in [0.15, 0.2) is 4.60 Å². The van der Waals surface area contributed by atoms with Crippen LogP contribution in [0.5, 0.6) is 0 Å². The van der Waals surface area contributed by atoms with Crippen LogP contribution < -0.4 is 4.72 Å². The summed E-state index contributed by atoms with van der Waals surface area (Å²) < 4.78 is 41.1. The second kappa shape index (κ2) is 5.17. The number of nitrogens with zero attached hydrogens (tertiary/aromatic N) is 3. The molecule has 0 aliphatic rings. The first-order valence-electron chi connectivity index (χ1n) is 4.84. The van der Waals surface area contributed by atoms with Crippen molar-refractivity contribution in [3.63, 3.8) is 0 Å². The van der Waals surface area contributed by atoms with E-state index in [0.29, 0.717) is 4.47 Å². The predicted molar refractivity (Wildman–Crippen MR) is 73.6 cm³/mol. The molecule has 1 N–H and O–H groups in total. The average molecular weight is 414 g/mol. The van der Waals surface area contributed by atoms with Crippen molar-refractivity contribution in [2.24, 2.45) is 7.05 Å². The summed E-state index contributed by atoms with van der Waals surface area (Å²) >= 11 is 6.09. The minimum absolute atomic E-state index is 0.0979. The molecule has 1 aromatic heterocycles. The number of rotatable bonds is 3. The molecule has 0 fully saturated rings. The van der Waals surface area contributed by atoms with E-state index in [2.05, 4.69) is 46.9 Å². The van der Waals surface area contributed by atoms with Crippen molar-refractivity contribution in [1.82, 2.24) is 15.0 Å². The fraction of sp³-hybridized carbons (Fsp3) is 0.111. The molecule has 102 valence electrons. The quantitative estimate of drug-likeness (QED) is 0.837. The summed E-state index contributed by atoms with van der Waals surface area (Å²) in [5.41, 5.74) is 0.217. The monoisotopic (exact) mass is 412 g/mol. The number of hydrogen-bond acceptors (Lipinski definition) is 4. The van der Waals surface area contributed by atoms with Crippen molar-refractivity contribution in [3.05, 3.63) is 33.1 Å². The summed E-state index contributed by atoms with van der Waals surface area (Å²) in [4.78, 5) is 0. The Hall–Kier alpha value is -1.00. The SMILES string of the molecule is Cn1nnc(Br)c1S(=O)(=O)Nc1ccc(F)cc1Br. The average Bonchev–Trinajstić information content (AvgIpc) is 2.63.